The molecule has 0 spiro atoms. The number of hydrogen-bond donors (Lipinski definition) is 0. The second-order valence-electron chi connectivity index (χ2n) is 4.49. The molecule has 0 bridgehead atoms. The van der Waals surface area contributed by atoms with Crippen molar-refractivity contribution in [2.24, 2.45) is 0 Å². The number of fused-ring (bicyclic) bond motifs is 1. The van der Waals surface area contributed by atoms with Crippen LogP contribution >= 0.6 is 47.8 Å². The topological polar surface area (TPSA) is 63.2 Å². The van der Waals surface area contributed by atoms with Crippen molar-refractivity contribution in [3.8, 4) is 0 Å². The van der Waals surface area contributed by atoms with Crippen molar-refractivity contribution in [3.05, 3.63) is 53.0 Å². The summed E-state index contributed by atoms with van der Waals surface area (Å²) in [5.74, 6) is -0.495. The fraction of sp³-hybridized carbons (Fsp3) is 0.143. The van der Waals surface area contributed by atoms with Crippen molar-refractivity contribution in [1.82, 2.24) is 9.97 Å². The third kappa shape index (κ3) is 2.53. The van der Waals surface area contributed by atoms with Crippen LogP contribution in [0.15, 0.2) is 30.5 Å². The number of carbonyl (C=O) groups is 2. The SMILES string of the molecule is O=C1c2ccccc2C(=O)N1c1ncc(C(Br)Br)nc1CBr. The minimum atomic E-state index is -0.376. The van der Waals surface area contributed by atoms with Gasteiger partial charge in [-0.2, -0.15) is 0 Å². The molecule has 2 aromatic rings. The smallest absolute Gasteiger partial charge is 0.267 e. The normalized spacial score (nSPS) is 13.9. The van der Waals surface area contributed by atoms with Crippen molar-refractivity contribution in [1.29, 1.82) is 0 Å². The van der Waals surface area contributed by atoms with E-state index in [2.05, 4.69) is 57.8 Å². The zero-order valence-corrected chi connectivity index (χ0v) is 15.7. The van der Waals surface area contributed by atoms with Gasteiger partial charge in [0.1, 0.15) is 3.74 Å². The Hall–Kier alpha value is -1.12. The summed E-state index contributed by atoms with van der Waals surface area (Å²) in [7, 11) is 0. The fourth-order valence-corrected chi connectivity index (χ4v) is 3.02. The molecule has 1 aromatic heterocycles. The first kappa shape index (κ1) is 15.8. The highest BCUT2D eigenvalue weighted by molar-refractivity contribution is 9.24. The van der Waals surface area contributed by atoms with Gasteiger partial charge in [-0.1, -0.05) is 59.9 Å². The standard InChI is InChI=1S/C14H8Br3N3O2/c15-5-9-12(18-6-10(19-9)11(16)17)20-13(21)7-3-1-2-4-8(7)14(20)22/h1-4,6,11H,5H2. The van der Waals surface area contributed by atoms with Crippen LogP contribution in [-0.2, 0) is 5.33 Å². The average molecular weight is 490 g/mol. The molecule has 3 rings (SSSR count). The number of halogens is 3. The molecule has 1 aromatic carbocycles. The Kier molecular flexibility index (Phi) is 4.42. The molecule has 0 radical (unpaired) electrons. The largest absolute Gasteiger partial charge is 0.268 e. The summed E-state index contributed by atoms with van der Waals surface area (Å²) >= 11 is 10.0. The van der Waals surface area contributed by atoms with Gasteiger partial charge in [-0.15, -0.1) is 0 Å². The zero-order valence-electron chi connectivity index (χ0n) is 11.0. The molecule has 1 aliphatic heterocycles. The summed E-state index contributed by atoms with van der Waals surface area (Å²) in [6.45, 7) is 0. The Labute approximate surface area is 151 Å². The highest BCUT2D eigenvalue weighted by Gasteiger charge is 2.38. The number of anilines is 1. The third-order valence-corrected chi connectivity index (χ3v) is 4.67. The Morgan fingerprint density at radius 2 is 1.68 bits per heavy atom. The van der Waals surface area contributed by atoms with E-state index in [-0.39, 0.29) is 21.4 Å². The molecule has 5 nitrogen and oxygen atoms in total. The van der Waals surface area contributed by atoms with Crippen LogP contribution in [0.3, 0.4) is 0 Å². The second-order valence-corrected chi connectivity index (χ2v) is 8.11. The van der Waals surface area contributed by atoms with Crippen LogP contribution in [0, 0.1) is 0 Å². The van der Waals surface area contributed by atoms with Crippen molar-refractivity contribution in [2.45, 2.75) is 9.07 Å². The molecule has 2 heterocycles. The van der Waals surface area contributed by atoms with E-state index >= 15 is 0 Å². The number of benzene rings is 1. The first-order chi connectivity index (χ1) is 10.5. The lowest BCUT2D eigenvalue weighted by molar-refractivity contribution is 0.0924. The Morgan fingerprint density at radius 3 is 2.18 bits per heavy atom. The quantitative estimate of drug-likeness (QED) is 0.483. The van der Waals surface area contributed by atoms with Crippen molar-refractivity contribution < 1.29 is 9.59 Å². The summed E-state index contributed by atoms with van der Waals surface area (Å²) in [6, 6.07) is 6.73. The molecule has 0 aliphatic carbocycles. The Morgan fingerprint density at radius 1 is 1.09 bits per heavy atom. The maximum absolute atomic E-state index is 12.5. The molecule has 2 amide bonds. The maximum atomic E-state index is 12.5. The average Bonchev–Trinajstić information content (AvgIpc) is 2.78. The highest BCUT2D eigenvalue weighted by atomic mass is 79.9. The van der Waals surface area contributed by atoms with Crippen LogP contribution in [0.4, 0.5) is 5.82 Å². The van der Waals surface area contributed by atoms with Crippen molar-refractivity contribution in [2.75, 3.05) is 4.90 Å². The molecule has 0 fully saturated rings. The molecular weight excluding hydrogens is 482 g/mol. The summed E-state index contributed by atoms with van der Waals surface area (Å²) in [4.78, 5) is 34.8. The van der Waals surface area contributed by atoms with Crippen molar-refractivity contribution in [3.63, 3.8) is 0 Å². The number of imide groups is 1. The van der Waals surface area contributed by atoms with Gasteiger partial charge >= 0.3 is 0 Å². The van der Waals surface area contributed by atoms with E-state index in [4.69, 9.17) is 0 Å². The molecule has 0 saturated carbocycles. The van der Waals surface area contributed by atoms with Gasteiger partial charge in [0.25, 0.3) is 11.8 Å². The van der Waals surface area contributed by atoms with Gasteiger partial charge < -0.3 is 0 Å². The number of rotatable bonds is 3. The van der Waals surface area contributed by atoms with Gasteiger partial charge in [0, 0.05) is 5.33 Å². The lowest BCUT2D eigenvalue weighted by Crippen LogP contribution is -2.31. The van der Waals surface area contributed by atoms with E-state index in [0.717, 1.165) is 4.90 Å². The van der Waals surface area contributed by atoms with E-state index in [0.29, 0.717) is 27.8 Å². The van der Waals surface area contributed by atoms with E-state index in [1.807, 2.05) is 0 Å². The number of alkyl halides is 3. The maximum Gasteiger partial charge on any atom is 0.267 e. The number of carbonyl (C=O) groups excluding carboxylic acids is 2. The predicted octanol–water partition coefficient (Wildman–Crippen LogP) is 3.96. The van der Waals surface area contributed by atoms with E-state index in [1.165, 1.54) is 6.20 Å². The lowest BCUT2D eigenvalue weighted by Gasteiger charge is -2.16. The van der Waals surface area contributed by atoms with Crippen molar-refractivity contribution >= 4 is 65.4 Å². The number of hydrogen-bond acceptors (Lipinski definition) is 4. The second kappa shape index (κ2) is 6.17. The van der Waals surface area contributed by atoms with E-state index < -0.39 is 0 Å². The molecule has 1 aliphatic rings. The van der Waals surface area contributed by atoms with Crippen LogP contribution in [0.2, 0.25) is 0 Å². The predicted molar refractivity (Wildman–Crippen MR) is 92.8 cm³/mol. The van der Waals surface area contributed by atoms with E-state index in [1.54, 1.807) is 24.3 Å². The lowest BCUT2D eigenvalue weighted by atomic mass is 10.1. The first-order valence-electron chi connectivity index (χ1n) is 6.22. The summed E-state index contributed by atoms with van der Waals surface area (Å²) in [6.07, 6.45) is 1.53. The third-order valence-electron chi connectivity index (χ3n) is 3.20. The Bertz CT molecular complexity index is 745. The summed E-state index contributed by atoms with van der Waals surface area (Å²) < 4.78 is -0.151. The number of aromatic nitrogens is 2. The van der Waals surface area contributed by atoms with Crippen LogP contribution in [0.25, 0.3) is 0 Å². The molecule has 8 heteroatoms. The fourth-order valence-electron chi connectivity index (χ4n) is 2.20. The number of amides is 2. The van der Waals surface area contributed by atoms with Crippen LogP contribution in [-0.4, -0.2) is 21.8 Å². The first-order valence-corrected chi connectivity index (χ1v) is 9.17. The van der Waals surface area contributed by atoms with Gasteiger partial charge in [0.2, 0.25) is 0 Å². The minimum Gasteiger partial charge on any atom is -0.268 e. The number of nitrogens with zero attached hydrogens (tertiary/aromatic N) is 3. The summed E-state index contributed by atoms with van der Waals surface area (Å²) in [5, 5.41) is 0.378. The van der Waals surface area contributed by atoms with Gasteiger partial charge in [0.15, 0.2) is 5.82 Å². The molecular formula is C14H8Br3N3O2. The monoisotopic (exact) mass is 487 g/mol. The van der Waals surface area contributed by atoms with Crippen LogP contribution in [0.1, 0.15) is 35.8 Å². The van der Waals surface area contributed by atoms with Crippen LogP contribution in [0.5, 0.6) is 0 Å². The van der Waals surface area contributed by atoms with Crippen LogP contribution < -0.4 is 4.90 Å². The molecule has 112 valence electrons. The zero-order chi connectivity index (χ0) is 15.9. The minimum absolute atomic E-state index is 0.151. The van der Waals surface area contributed by atoms with Gasteiger partial charge in [-0.05, 0) is 12.1 Å². The molecule has 0 saturated heterocycles. The molecule has 22 heavy (non-hydrogen) atoms. The van der Waals surface area contributed by atoms with Gasteiger partial charge in [-0.3, -0.25) is 9.59 Å². The highest BCUT2D eigenvalue weighted by Crippen LogP contribution is 2.32. The molecule has 0 unspecified atom stereocenters. The van der Waals surface area contributed by atoms with Gasteiger partial charge in [0.05, 0.1) is 28.7 Å². The summed E-state index contributed by atoms with van der Waals surface area (Å²) in [5.41, 5.74) is 1.96. The molecule has 0 N–H and O–H groups in total. The Balaban J connectivity index is 2.10. The van der Waals surface area contributed by atoms with Gasteiger partial charge in [-0.25, -0.2) is 14.9 Å². The molecule has 0 atom stereocenters. The van der Waals surface area contributed by atoms with E-state index in [9.17, 15) is 9.59 Å².